The molecule has 0 saturated carbocycles. The average Bonchev–Trinajstić information content (AvgIpc) is 2.66. The minimum atomic E-state index is -0.528. The second kappa shape index (κ2) is 8.40. The number of benzene rings is 2. The van der Waals surface area contributed by atoms with E-state index in [1.165, 1.54) is 6.08 Å². The van der Waals surface area contributed by atoms with Crippen LogP contribution in [0.3, 0.4) is 0 Å². The maximum atomic E-state index is 12.1. The maximum Gasteiger partial charge on any atom is 0.265 e. The normalized spacial score (nSPS) is 15.6. The summed E-state index contributed by atoms with van der Waals surface area (Å²) in [7, 11) is 0. The summed E-state index contributed by atoms with van der Waals surface area (Å²) >= 11 is 0. The molecule has 1 aliphatic heterocycles. The van der Waals surface area contributed by atoms with Crippen molar-refractivity contribution in [3.05, 3.63) is 54.1 Å². The van der Waals surface area contributed by atoms with Gasteiger partial charge in [0, 0.05) is 11.8 Å². The molecule has 140 valence electrons. The average molecular weight is 366 g/mol. The minimum Gasteiger partial charge on any atom is -0.494 e. The standard InChI is InChI=1S/C21H22N2O4/c1-3-12-26-17-8-4-15(5-9-17)6-11-20(24)22-16-7-10-19-18(13-16)23-21(25)14(2)27-19/h4-11,13-14H,3,12H2,1-2H3,(H,22,24)(H,23,25)/b11-6+. The molecule has 3 rings (SSSR count). The zero-order chi connectivity index (χ0) is 19.2. The zero-order valence-electron chi connectivity index (χ0n) is 15.3. The monoisotopic (exact) mass is 366 g/mol. The molecule has 0 saturated heterocycles. The lowest BCUT2D eigenvalue weighted by Gasteiger charge is -2.23. The lowest BCUT2D eigenvalue weighted by atomic mass is 10.2. The second-order valence-corrected chi connectivity index (χ2v) is 6.20. The van der Waals surface area contributed by atoms with Gasteiger partial charge in [0.2, 0.25) is 5.91 Å². The molecule has 6 nitrogen and oxygen atoms in total. The molecule has 1 heterocycles. The Morgan fingerprint density at radius 2 is 2.04 bits per heavy atom. The van der Waals surface area contributed by atoms with Crippen LogP contribution in [0, 0.1) is 0 Å². The van der Waals surface area contributed by atoms with Crippen LogP contribution in [0.15, 0.2) is 48.5 Å². The van der Waals surface area contributed by atoms with E-state index in [9.17, 15) is 9.59 Å². The molecule has 1 aliphatic rings. The van der Waals surface area contributed by atoms with Crippen molar-refractivity contribution in [3.63, 3.8) is 0 Å². The Kier molecular flexibility index (Phi) is 5.76. The van der Waals surface area contributed by atoms with Crippen molar-refractivity contribution >= 4 is 29.3 Å². The Morgan fingerprint density at radius 3 is 2.78 bits per heavy atom. The highest BCUT2D eigenvalue weighted by Crippen LogP contribution is 2.32. The number of nitrogens with one attached hydrogen (secondary N) is 2. The van der Waals surface area contributed by atoms with Gasteiger partial charge >= 0.3 is 0 Å². The van der Waals surface area contributed by atoms with Crippen molar-refractivity contribution in [1.82, 2.24) is 0 Å². The lowest BCUT2D eigenvalue weighted by Crippen LogP contribution is -2.34. The van der Waals surface area contributed by atoms with Crippen molar-refractivity contribution < 1.29 is 19.1 Å². The first-order valence-electron chi connectivity index (χ1n) is 8.88. The van der Waals surface area contributed by atoms with Crippen LogP contribution < -0.4 is 20.1 Å². The molecule has 2 aromatic carbocycles. The predicted octanol–water partition coefficient (Wildman–Crippen LogP) is 3.85. The van der Waals surface area contributed by atoms with E-state index in [4.69, 9.17) is 9.47 Å². The summed E-state index contributed by atoms with van der Waals surface area (Å²) in [6.07, 6.45) is 3.61. The lowest BCUT2D eigenvalue weighted by molar-refractivity contribution is -0.122. The molecule has 0 bridgehead atoms. The fourth-order valence-corrected chi connectivity index (χ4v) is 2.54. The number of carbonyl (C=O) groups is 2. The molecule has 2 amide bonds. The van der Waals surface area contributed by atoms with Crippen molar-refractivity contribution in [2.45, 2.75) is 26.4 Å². The minimum absolute atomic E-state index is 0.211. The number of amides is 2. The molecule has 1 atom stereocenters. The molecule has 0 spiro atoms. The summed E-state index contributed by atoms with van der Waals surface area (Å²) < 4.78 is 11.0. The van der Waals surface area contributed by atoms with Gasteiger partial charge in [-0.05, 0) is 55.3 Å². The first-order valence-corrected chi connectivity index (χ1v) is 8.88. The summed E-state index contributed by atoms with van der Waals surface area (Å²) in [5.41, 5.74) is 2.02. The summed E-state index contributed by atoms with van der Waals surface area (Å²) in [5, 5.41) is 5.53. The summed E-state index contributed by atoms with van der Waals surface area (Å²) in [6, 6.07) is 12.7. The summed E-state index contributed by atoms with van der Waals surface area (Å²) in [6.45, 7) is 4.42. The number of hydrogen-bond acceptors (Lipinski definition) is 4. The van der Waals surface area contributed by atoms with E-state index in [0.717, 1.165) is 17.7 Å². The van der Waals surface area contributed by atoms with Crippen LogP contribution in [0.1, 0.15) is 25.8 Å². The number of hydrogen-bond donors (Lipinski definition) is 2. The van der Waals surface area contributed by atoms with Crippen LogP contribution in [0.4, 0.5) is 11.4 Å². The molecule has 2 aromatic rings. The molecule has 0 aromatic heterocycles. The number of ether oxygens (including phenoxy) is 2. The first kappa shape index (κ1) is 18.5. The molecular weight excluding hydrogens is 344 g/mol. The quantitative estimate of drug-likeness (QED) is 0.762. The van der Waals surface area contributed by atoms with E-state index < -0.39 is 6.10 Å². The van der Waals surface area contributed by atoms with Gasteiger partial charge in [0.15, 0.2) is 6.10 Å². The number of anilines is 2. The van der Waals surface area contributed by atoms with Crippen LogP contribution in [0.2, 0.25) is 0 Å². The fraction of sp³-hybridized carbons (Fsp3) is 0.238. The van der Waals surface area contributed by atoms with Gasteiger partial charge < -0.3 is 20.1 Å². The number of carbonyl (C=O) groups excluding carboxylic acids is 2. The van der Waals surface area contributed by atoms with E-state index in [1.54, 1.807) is 31.2 Å². The highest BCUT2D eigenvalue weighted by molar-refractivity contribution is 6.03. The summed E-state index contributed by atoms with van der Waals surface area (Å²) in [5.74, 6) is 0.919. The fourth-order valence-electron chi connectivity index (χ4n) is 2.54. The van der Waals surface area contributed by atoms with Crippen LogP contribution in [-0.4, -0.2) is 24.5 Å². The van der Waals surface area contributed by atoms with Crippen molar-refractivity contribution in [2.24, 2.45) is 0 Å². The van der Waals surface area contributed by atoms with Gasteiger partial charge in [-0.25, -0.2) is 0 Å². The highest BCUT2D eigenvalue weighted by Gasteiger charge is 2.23. The smallest absolute Gasteiger partial charge is 0.265 e. The van der Waals surface area contributed by atoms with Crippen LogP contribution in [-0.2, 0) is 9.59 Å². The Hall–Kier alpha value is -3.28. The largest absolute Gasteiger partial charge is 0.494 e. The third-order valence-corrected chi connectivity index (χ3v) is 3.96. The molecule has 0 fully saturated rings. The predicted molar refractivity (Wildman–Crippen MR) is 105 cm³/mol. The van der Waals surface area contributed by atoms with Gasteiger partial charge in [0.25, 0.3) is 5.91 Å². The zero-order valence-corrected chi connectivity index (χ0v) is 15.3. The molecule has 2 N–H and O–H groups in total. The Balaban J connectivity index is 1.60. The maximum absolute atomic E-state index is 12.1. The molecule has 0 aliphatic carbocycles. The van der Waals surface area contributed by atoms with Gasteiger partial charge in [-0.15, -0.1) is 0 Å². The third kappa shape index (κ3) is 4.88. The number of rotatable bonds is 6. The van der Waals surface area contributed by atoms with Crippen molar-refractivity contribution in [3.8, 4) is 11.5 Å². The second-order valence-electron chi connectivity index (χ2n) is 6.20. The van der Waals surface area contributed by atoms with Crippen molar-refractivity contribution in [1.29, 1.82) is 0 Å². The third-order valence-electron chi connectivity index (χ3n) is 3.96. The van der Waals surface area contributed by atoms with Crippen LogP contribution >= 0.6 is 0 Å². The van der Waals surface area contributed by atoms with Gasteiger partial charge in [0.1, 0.15) is 11.5 Å². The molecular formula is C21H22N2O4. The van der Waals surface area contributed by atoms with Gasteiger partial charge in [-0.1, -0.05) is 19.1 Å². The van der Waals surface area contributed by atoms with Crippen molar-refractivity contribution in [2.75, 3.05) is 17.2 Å². The van der Waals surface area contributed by atoms with Gasteiger partial charge in [-0.3, -0.25) is 9.59 Å². The first-order chi connectivity index (χ1) is 13.0. The van der Waals surface area contributed by atoms with E-state index in [-0.39, 0.29) is 11.8 Å². The SMILES string of the molecule is CCCOc1ccc(/C=C/C(=O)Nc2ccc3c(c2)NC(=O)C(C)O3)cc1. The van der Waals surface area contributed by atoms with Gasteiger partial charge in [-0.2, -0.15) is 0 Å². The Labute approximate surface area is 158 Å². The summed E-state index contributed by atoms with van der Waals surface area (Å²) in [4.78, 5) is 23.8. The Morgan fingerprint density at radius 1 is 1.26 bits per heavy atom. The van der Waals surface area contributed by atoms with Crippen LogP contribution in [0.25, 0.3) is 6.08 Å². The van der Waals surface area contributed by atoms with E-state index >= 15 is 0 Å². The van der Waals surface area contributed by atoms with E-state index in [2.05, 4.69) is 17.6 Å². The molecule has 0 radical (unpaired) electrons. The van der Waals surface area contributed by atoms with E-state index in [0.29, 0.717) is 23.7 Å². The van der Waals surface area contributed by atoms with Crippen LogP contribution in [0.5, 0.6) is 11.5 Å². The number of fused-ring (bicyclic) bond motifs is 1. The molecule has 1 unspecified atom stereocenters. The highest BCUT2D eigenvalue weighted by atomic mass is 16.5. The Bertz CT molecular complexity index is 859. The topological polar surface area (TPSA) is 76.7 Å². The molecule has 27 heavy (non-hydrogen) atoms. The van der Waals surface area contributed by atoms with E-state index in [1.807, 2.05) is 24.3 Å². The molecule has 6 heteroatoms. The van der Waals surface area contributed by atoms with Gasteiger partial charge in [0.05, 0.1) is 12.3 Å².